The fourth-order valence-electron chi connectivity index (χ4n) is 3.20. The second-order valence-corrected chi connectivity index (χ2v) is 6.53. The number of nitrogens with zero attached hydrogens (tertiary/aromatic N) is 3. The van der Waals surface area contributed by atoms with Crippen molar-refractivity contribution in [3.05, 3.63) is 17.0 Å². The molecule has 2 heterocycles. The van der Waals surface area contributed by atoms with Crippen molar-refractivity contribution in [3.63, 3.8) is 0 Å². The predicted octanol–water partition coefficient (Wildman–Crippen LogP) is 2.32. The first kappa shape index (κ1) is 19.3. The molecule has 25 heavy (non-hydrogen) atoms. The third-order valence-electron chi connectivity index (χ3n) is 4.59. The predicted molar refractivity (Wildman–Crippen MR) is 83.0 cm³/mol. The van der Waals surface area contributed by atoms with E-state index < -0.39 is 18.7 Å². The number of likely N-dealkylation sites (tertiary alicyclic amines) is 1. The van der Waals surface area contributed by atoms with E-state index in [9.17, 15) is 22.8 Å². The summed E-state index contributed by atoms with van der Waals surface area (Å²) in [6.45, 7) is 3.02. The SMILES string of the molecule is Cc1nn(CC(F)(F)F)c(C)c1CC(=O)N1CCC(CCC(=O)O)C1. The number of rotatable bonds is 6. The Labute approximate surface area is 143 Å². The molecule has 0 bridgehead atoms. The van der Waals surface area contributed by atoms with Crippen molar-refractivity contribution in [3.8, 4) is 0 Å². The van der Waals surface area contributed by atoms with Crippen LogP contribution in [0.1, 0.15) is 36.2 Å². The number of alkyl halides is 3. The lowest BCUT2D eigenvalue weighted by atomic mass is 10.0. The molecule has 140 valence electrons. The molecule has 0 spiro atoms. The molecule has 1 atom stereocenters. The number of carbonyl (C=O) groups is 2. The zero-order chi connectivity index (χ0) is 18.8. The van der Waals surface area contributed by atoms with Gasteiger partial charge in [-0.05, 0) is 32.6 Å². The van der Waals surface area contributed by atoms with Crippen molar-refractivity contribution in [2.24, 2.45) is 5.92 Å². The van der Waals surface area contributed by atoms with E-state index in [4.69, 9.17) is 5.11 Å². The van der Waals surface area contributed by atoms with Crippen LogP contribution in [0.4, 0.5) is 13.2 Å². The minimum Gasteiger partial charge on any atom is -0.481 e. The molecule has 9 heteroatoms. The topological polar surface area (TPSA) is 75.4 Å². The number of carbonyl (C=O) groups excluding carboxylic acids is 1. The molecule has 1 fully saturated rings. The van der Waals surface area contributed by atoms with Gasteiger partial charge in [0.1, 0.15) is 6.54 Å². The Hall–Kier alpha value is -2.06. The highest BCUT2D eigenvalue weighted by molar-refractivity contribution is 5.79. The summed E-state index contributed by atoms with van der Waals surface area (Å²) in [7, 11) is 0. The van der Waals surface area contributed by atoms with Gasteiger partial charge < -0.3 is 10.0 Å². The molecule has 1 amide bonds. The first-order valence-corrected chi connectivity index (χ1v) is 8.16. The molecule has 1 aromatic heterocycles. The van der Waals surface area contributed by atoms with Gasteiger partial charge in [-0.3, -0.25) is 14.3 Å². The smallest absolute Gasteiger partial charge is 0.408 e. The van der Waals surface area contributed by atoms with E-state index in [2.05, 4.69) is 5.10 Å². The van der Waals surface area contributed by atoms with Gasteiger partial charge in [0.15, 0.2) is 0 Å². The quantitative estimate of drug-likeness (QED) is 0.844. The Morgan fingerprint density at radius 1 is 1.32 bits per heavy atom. The van der Waals surface area contributed by atoms with Crippen LogP contribution in [0, 0.1) is 19.8 Å². The lowest BCUT2D eigenvalue weighted by molar-refractivity contribution is -0.143. The lowest BCUT2D eigenvalue weighted by Gasteiger charge is -2.17. The molecule has 1 N–H and O–H groups in total. The summed E-state index contributed by atoms with van der Waals surface area (Å²) in [5.74, 6) is -0.848. The molecular formula is C16H22F3N3O3. The Morgan fingerprint density at radius 3 is 2.60 bits per heavy atom. The van der Waals surface area contributed by atoms with Gasteiger partial charge in [0, 0.05) is 30.8 Å². The zero-order valence-corrected chi connectivity index (χ0v) is 14.3. The number of carboxylic acids is 1. The van der Waals surface area contributed by atoms with Gasteiger partial charge in [-0.15, -0.1) is 0 Å². The van der Waals surface area contributed by atoms with Gasteiger partial charge >= 0.3 is 12.1 Å². The largest absolute Gasteiger partial charge is 0.481 e. The Balaban J connectivity index is 1.98. The molecule has 0 radical (unpaired) electrons. The maximum Gasteiger partial charge on any atom is 0.408 e. The number of carboxylic acid groups (broad SMARTS) is 1. The van der Waals surface area contributed by atoms with Crippen LogP contribution in [0.5, 0.6) is 0 Å². The van der Waals surface area contributed by atoms with Crippen molar-refractivity contribution in [2.45, 2.75) is 52.3 Å². The monoisotopic (exact) mass is 361 g/mol. The van der Waals surface area contributed by atoms with Gasteiger partial charge in [-0.1, -0.05) is 0 Å². The molecule has 1 aliphatic rings. The molecule has 6 nitrogen and oxygen atoms in total. The van der Waals surface area contributed by atoms with E-state index in [1.807, 2.05) is 0 Å². The second kappa shape index (κ2) is 7.45. The maximum absolute atomic E-state index is 12.6. The van der Waals surface area contributed by atoms with Crippen LogP contribution in [0.15, 0.2) is 0 Å². The minimum absolute atomic E-state index is 0.0151. The molecule has 0 aliphatic carbocycles. The molecule has 2 rings (SSSR count). The van der Waals surface area contributed by atoms with Gasteiger partial charge in [-0.25, -0.2) is 0 Å². The van der Waals surface area contributed by atoms with E-state index in [0.29, 0.717) is 36.5 Å². The fraction of sp³-hybridized carbons (Fsp3) is 0.688. The van der Waals surface area contributed by atoms with Crippen LogP contribution in [0.2, 0.25) is 0 Å². The summed E-state index contributed by atoms with van der Waals surface area (Å²) in [5, 5.41) is 12.6. The summed E-state index contributed by atoms with van der Waals surface area (Å²) in [4.78, 5) is 24.7. The zero-order valence-electron chi connectivity index (χ0n) is 14.3. The van der Waals surface area contributed by atoms with Crippen molar-refractivity contribution in [2.75, 3.05) is 13.1 Å². The van der Waals surface area contributed by atoms with Crippen molar-refractivity contribution < 1.29 is 27.9 Å². The molecule has 1 saturated heterocycles. The normalized spacial score (nSPS) is 18.0. The third kappa shape index (κ3) is 5.20. The standard InChI is InChI=1S/C16H22F3N3O3/c1-10-13(11(2)22(20-10)9-16(17,18)19)7-14(23)21-6-5-12(8-21)3-4-15(24)25/h12H,3-9H2,1-2H3,(H,24,25). The Bertz CT molecular complexity index is 655. The highest BCUT2D eigenvalue weighted by atomic mass is 19.4. The fourth-order valence-corrected chi connectivity index (χ4v) is 3.20. The van der Waals surface area contributed by atoms with E-state index in [0.717, 1.165) is 11.1 Å². The first-order valence-electron chi connectivity index (χ1n) is 8.16. The average Bonchev–Trinajstić information content (AvgIpc) is 3.04. The van der Waals surface area contributed by atoms with E-state index in [-0.39, 0.29) is 24.7 Å². The molecule has 1 unspecified atom stereocenters. The van der Waals surface area contributed by atoms with Crippen LogP contribution in [-0.2, 0) is 22.6 Å². The summed E-state index contributed by atoms with van der Waals surface area (Å²) in [6.07, 6.45) is -2.99. The molecule has 0 aromatic carbocycles. The number of hydrogen-bond acceptors (Lipinski definition) is 3. The number of aromatic nitrogens is 2. The number of aryl methyl sites for hydroxylation is 1. The highest BCUT2D eigenvalue weighted by Gasteiger charge is 2.31. The summed E-state index contributed by atoms with van der Waals surface area (Å²) in [5.41, 5.74) is 1.31. The molecular weight excluding hydrogens is 339 g/mol. The van der Waals surface area contributed by atoms with Crippen LogP contribution < -0.4 is 0 Å². The number of aliphatic carboxylic acids is 1. The summed E-state index contributed by atoms with van der Waals surface area (Å²) < 4.78 is 38.6. The summed E-state index contributed by atoms with van der Waals surface area (Å²) >= 11 is 0. The van der Waals surface area contributed by atoms with Gasteiger partial charge in [0.25, 0.3) is 0 Å². The Morgan fingerprint density at radius 2 is 2.00 bits per heavy atom. The van der Waals surface area contributed by atoms with Crippen LogP contribution in [-0.4, -0.2) is 50.9 Å². The van der Waals surface area contributed by atoms with Crippen molar-refractivity contribution in [1.82, 2.24) is 14.7 Å². The first-order chi connectivity index (χ1) is 11.6. The van der Waals surface area contributed by atoms with E-state index in [1.54, 1.807) is 11.8 Å². The number of hydrogen-bond donors (Lipinski definition) is 1. The number of halogens is 3. The second-order valence-electron chi connectivity index (χ2n) is 6.53. The van der Waals surface area contributed by atoms with E-state index >= 15 is 0 Å². The minimum atomic E-state index is -4.36. The van der Waals surface area contributed by atoms with Crippen LogP contribution in [0.3, 0.4) is 0 Å². The van der Waals surface area contributed by atoms with Crippen LogP contribution in [0.25, 0.3) is 0 Å². The number of amides is 1. The van der Waals surface area contributed by atoms with Crippen LogP contribution >= 0.6 is 0 Å². The van der Waals surface area contributed by atoms with Crippen molar-refractivity contribution in [1.29, 1.82) is 0 Å². The Kier molecular flexibility index (Phi) is 5.74. The van der Waals surface area contributed by atoms with E-state index in [1.165, 1.54) is 6.92 Å². The third-order valence-corrected chi connectivity index (χ3v) is 4.59. The molecule has 0 saturated carbocycles. The van der Waals surface area contributed by atoms with Gasteiger partial charge in [-0.2, -0.15) is 18.3 Å². The molecule has 1 aromatic rings. The average molecular weight is 361 g/mol. The van der Waals surface area contributed by atoms with Crippen molar-refractivity contribution >= 4 is 11.9 Å². The highest BCUT2D eigenvalue weighted by Crippen LogP contribution is 2.24. The van der Waals surface area contributed by atoms with Gasteiger partial charge in [0.05, 0.1) is 12.1 Å². The van der Waals surface area contributed by atoms with Gasteiger partial charge in [0.2, 0.25) is 5.91 Å². The molecule has 1 aliphatic heterocycles. The lowest BCUT2D eigenvalue weighted by Crippen LogP contribution is -2.30. The maximum atomic E-state index is 12.6. The summed E-state index contributed by atoms with van der Waals surface area (Å²) in [6, 6.07) is 0.